The number of rotatable bonds is 2. The quantitative estimate of drug-likeness (QED) is 0.749. The topological polar surface area (TPSA) is 23.8 Å². The highest BCUT2D eigenvalue weighted by molar-refractivity contribution is 6.30. The molecule has 2 heteroatoms. The molecule has 0 heterocycles. The van der Waals surface area contributed by atoms with Crippen molar-refractivity contribution >= 4 is 11.6 Å². The SMILES string of the molecule is CC1CCC(C#N)(Cc2ccc(Cl)cc2)CC1. The van der Waals surface area contributed by atoms with Crippen molar-refractivity contribution in [1.82, 2.24) is 0 Å². The molecule has 1 aliphatic carbocycles. The molecule has 0 unspecified atom stereocenters. The summed E-state index contributed by atoms with van der Waals surface area (Å²) in [6, 6.07) is 10.5. The lowest BCUT2D eigenvalue weighted by molar-refractivity contribution is 0.219. The van der Waals surface area contributed by atoms with Crippen LogP contribution in [0.4, 0.5) is 0 Å². The van der Waals surface area contributed by atoms with Gasteiger partial charge >= 0.3 is 0 Å². The monoisotopic (exact) mass is 247 g/mol. The van der Waals surface area contributed by atoms with Gasteiger partial charge < -0.3 is 0 Å². The van der Waals surface area contributed by atoms with E-state index in [9.17, 15) is 5.26 Å². The van der Waals surface area contributed by atoms with Crippen molar-refractivity contribution in [2.24, 2.45) is 11.3 Å². The number of nitrogens with zero attached hydrogens (tertiary/aromatic N) is 1. The zero-order chi connectivity index (χ0) is 12.3. The maximum absolute atomic E-state index is 9.47. The molecule has 1 nitrogen and oxygen atoms in total. The van der Waals surface area contributed by atoms with E-state index in [1.54, 1.807) is 0 Å². The van der Waals surface area contributed by atoms with Gasteiger partial charge in [-0.1, -0.05) is 30.7 Å². The molecule has 0 bridgehead atoms. The highest BCUT2D eigenvalue weighted by Gasteiger charge is 2.34. The van der Waals surface area contributed by atoms with Crippen LogP contribution >= 0.6 is 11.6 Å². The molecule has 1 aliphatic rings. The fraction of sp³-hybridized carbons (Fsp3) is 0.533. The van der Waals surface area contributed by atoms with Crippen molar-refractivity contribution in [2.75, 3.05) is 0 Å². The van der Waals surface area contributed by atoms with Crippen LogP contribution in [-0.2, 0) is 6.42 Å². The molecule has 0 amide bonds. The predicted molar refractivity (Wildman–Crippen MR) is 70.8 cm³/mol. The van der Waals surface area contributed by atoms with Crippen LogP contribution in [-0.4, -0.2) is 0 Å². The molecule has 90 valence electrons. The van der Waals surface area contributed by atoms with E-state index in [1.165, 1.54) is 18.4 Å². The summed E-state index contributed by atoms with van der Waals surface area (Å²) in [6.07, 6.45) is 5.30. The first-order valence-electron chi connectivity index (χ1n) is 6.29. The number of hydrogen-bond acceptors (Lipinski definition) is 1. The maximum atomic E-state index is 9.47. The Morgan fingerprint density at radius 3 is 2.41 bits per heavy atom. The minimum atomic E-state index is -0.139. The van der Waals surface area contributed by atoms with Crippen LogP contribution < -0.4 is 0 Å². The van der Waals surface area contributed by atoms with Crippen LogP contribution in [0.2, 0.25) is 5.02 Å². The first-order chi connectivity index (χ1) is 8.13. The molecule has 0 aliphatic heterocycles. The van der Waals surface area contributed by atoms with Crippen molar-refractivity contribution < 1.29 is 0 Å². The van der Waals surface area contributed by atoms with Crippen molar-refractivity contribution in [1.29, 1.82) is 5.26 Å². The second-order valence-corrected chi connectivity index (χ2v) is 5.81. The van der Waals surface area contributed by atoms with Crippen molar-refractivity contribution in [3.05, 3.63) is 34.9 Å². The van der Waals surface area contributed by atoms with E-state index in [1.807, 2.05) is 24.3 Å². The molecular weight excluding hydrogens is 230 g/mol. The van der Waals surface area contributed by atoms with Gasteiger partial charge in [0.1, 0.15) is 0 Å². The molecule has 17 heavy (non-hydrogen) atoms. The summed E-state index contributed by atoms with van der Waals surface area (Å²) in [6.45, 7) is 2.28. The lowest BCUT2D eigenvalue weighted by Crippen LogP contribution is -2.27. The van der Waals surface area contributed by atoms with E-state index in [0.717, 1.165) is 30.2 Å². The molecule has 1 fully saturated rings. The van der Waals surface area contributed by atoms with Crippen molar-refractivity contribution in [2.45, 2.75) is 39.0 Å². The summed E-state index contributed by atoms with van der Waals surface area (Å²) in [5.41, 5.74) is 1.09. The summed E-state index contributed by atoms with van der Waals surface area (Å²) < 4.78 is 0. The third kappa shape index (κ3) is 3.01. The van der Waals surface area contributed by atoms with Gasteiger partial charge in [-0.2, -0.15) is 5.26 Å². The highest BCUT2D eigenvalue weighted by Crippen LogP contribution is 2.40. The van der Waals surface area contributed by atoms with Crippen LogP contribution in [0.5, 0.6) is 0 Å². The van der Waals surface area contributed by atoms with E-state index in [-0.39, 0.29) is 5.41 Å². The van der Waals surface area contributed by atoms with Crippen LogP contribution in [0.1, 0.15) is 38.2 Å². The van der Waals surface area contributed by atoms with E-state index in [2.05, 4.69) is 13.0 Å². The molecule has 0 aromatic heterocycles. The highest BCUT2D eigenvalue weighted by atomic mass is 35.5. The van der Waals surface area contributed by atoms with Crippen molar-refractivity contribution in [3.63, 3.8) is 0 Å². The van der Waals surface area contributed by atoms with Gasteiger partial charge in [-0.15, -0.1) is 0 Å². The Morgan fingerprint density at radius 1 is 1.29 bits per heavy atom. The average Bonchev–Trinajstić information content (AvgIpc) is 2.35. The molecule has 0 spiro atoms. The molecular formula is C15H18ClN. The minimum Gasteiger partial charge on any atom is -0.198 e. The Hall–Kier alpha value is -1.00. The van der Waals surface area contributed by atoms with Crippen molar-refractivity contribution in [3.8, 4) is 6.07 Å². The lowest BCUT2D eigenvalue weighted by atomic mass is 9.69. The molecule has 1 aromatic rings. The molecule has 0 atom stereocenters. The number of hydrogen-bond donors (Lipinski definition) is 0. The first kappa shape index (κ1) is 12.5. The molecule has 0 N–H and O–H groups in total. The van der Waals surface area contributed by atoms with E-state index < -0.39 is 0 Å². The van der Waals surface area contributed by atoms with Gasteiger partial charge in [0.15, 0.2) is 0 Å². The van der Waals surface area contributed by atoms with Crippen LogP contribution in [0.3, 0.4) is 0 Å². The van der Waals surface area contributed by atoms with Gasteiger partial charge in [0.05, 0.1) is 11.5 Å². The normalized spacial score (nSPS) is 28.6. The Balaban J connectivity index is 2.10. The summed E-state index contributed by atoms with van der Waals surface area (Å²) in [7, 11) is 0. The Morgan fingerprint density at radius 2 is 1.88 bits per heavy atom. The smallest absolute Gasteiger partial charge is 0.0693 e. The second kappa shape index (κ2) is 5.10. The fourth-order valence-electron chi connectivity index (χ4n) is 2.64. The number of nitriles is 1. The van der Waals surface area contributed by atoms with Gasteiger partial charge in [-0.3, -0.25) is 0 Å². The summed E-state index contributed by atoms with van der Waals surface area (Å²) >= 11 is 5.88. The molecule has 1 aromatic carbocycles. The Bertz CT molecular complexity index is 408. The van der Waals surface area contributed by atoms with E-state index >= 15 is 0 Å². The van der Waals surface area contributed by atoms with E-state index in [0.29, 0.717) is 0 Å². The Labute approximate surface area is 108 Å². The fourth-order valence-corrected chi connectivity index (χ4v) is 2.76. The standard InChI is InChI=1S/C15H18ClN/c1-12-6-8-15(11-17,9-7-12)10-13-2-4-14(16)5-3-13/h2-5,12H,6-10H2,1H3. The second-order valence-electron chi connectivity index (χ2n) is 5.38. The maximum Gasteiger partial charge on any atom is 0.0693 e. The largest absolute Gasteiger partial charge is 0.198 e. The summed E-state index contributed by atoms with van der Waals surface area (Å²) in [4.78, 5) is 0. The third-order valence-corrected chi connectivity index (χ3v) is 4.18. The van der Waals surface area contributed by atoms with Crippen LogP contribution in [0.25, 0.3) is 0 Å². The number of benzene rings is 1. The number of halogens is 1. The predicted octanol–water partition coefficient (Wildman–Crippen LogP) is 4.60. The summed E-state index contributed by atoms with van der Waals surface area (Å²) in [5, 5.41) is 10.2. The zero-order valence-electron chi connectivity index (χ0n) is 10.2. The van der Waals surface area contributed by atoms with Crippen LogP contribution in [0, 0.1) is 22.7 Å². The van der Waals surface area contributed by atoms with Gasteiger partial charge in [0.2, 0.25) is 0 Å². The third-order valence-electron chi connectivity index (χ3n) is 3.92. The molecule has 0 saturated heterocycles. The van der Waals surface area contributed by atoms with Gasteiger partial charge in [0, 0.05) is 5.02 Å². The van der Waals surface area contributed by atoms with Gasteiger partial charge in [-0.05, 0) is 55.7 Å². The lowest BCUT2D eigenvalue weighted by Gasteiger charge is -2.33. The Kier molecular flexibility index (Phi) is 3.74. The summed E-state index contributed by atoms with van der Waals surface area (Å²) in [5.74, 6) is 0.779. The van der Waals surface area contributed by atoms with Gasteiger partial charge in [-0.25, -0.2) is 0 Å². The first-order valence-corrected chi connectivity index (χ1v) is 6.67. The van der Waals surface area contributed by atoms with E-state index in [4.69, 9.17) is 11.6 Å². The average molecular weight is 248 g/mol. The molecule has 2 rings (SSSR count). The molecule has 1 saturated carbocycles. The van der Waals surface area contributed by atoms with Gasteiger partial charge in [0.25, 0.3) is 0 Å². The molecule has 0 radical (unpaired) electrons. The minimum absolute atomic E-state index is 0.139. The zero-order valence-corrected chi connectivity index (χ0v) is 11.0. The van der Waals surface area contributed by atoms with Crippen LogP contribution in [0.15, 0.2) is 24.3 Å².